The van der Waals surface area contributed by atoms with Crippen LogP contribution in [0.25, 0.3) is 32.6 Å². The number of benzene rings is 1. The highest BCUT2D eigenvalue weighted by Crippen LogP contribution is 2.40. The number of fused-ring (bicyclic) bond motifs is 3. The monoisotopic (exact) mass is 628 g/mol. The number of rotatable bonds is 6. The number of alkyl halides is 2. The van der Waals surface area contributed by atoms with Crippen molar-refractivity contribution in [1.29, 1.82) is 5.26 Å². The first-order valence-corrected chi connectivity index (χ1v) is 15.6. The molecule has 1 aromatic carbocycles. The molecule has 0 radical (unpaired) electrons. The zero-order chi connectivity index (χ0) is 30.7. The maximum absolute atomic E-state index is 13.5. The van der Waals surface area contributed by atoms with Crippen LogP contribution in [0.5, 0.6) is 0 Å². The Bertz CT molecular complexity index is 1950. The van der Waals surface area contributed by atoms with E-state index in [1.54, 1.807) is 31.7 Å². The van der Waals surface area contributed by atoms with Crippen LogP contribution in [0.3, 0.4) is 0 Å². The van der Waals surface area contributed by atoms with Gasteiger partial charge in [0.05, 0.1) is 27.6 Å². The molecule has 0 bridgehead atoms. The van der Waals surface area contributed by atoms with Crippen LogP contribution in [-0.2, 0) is 14.8 Å². The summed E-state index contributed by atoms with van der Waals surface area (Å²) < 4.78 is 62.9. The van der Waals surface area contributed by atoms with Gasteiger partial charge in [-0.15, -0.1) is 10.2 Å². The van der Waals surface area contributed by atoms with E-state index in [2.05, 4.69) is 24.9 Å². The molecule has 0 atom stereocenters. The minimum Gasteiger partial charge on any atom is -0.444 e. The summed E-state index contributed by atoms with van der Waals surface area (Å²) in [6.07, 6.45) is 1.22. The minimum absolute atomic E-state index is 0.0758. The first-order valence-electron chi connectivity index (χ1n) is 13.3. The zero-order valence-electron chi connectivity index (χ0n) is 23.3. The van der Waals surface area contributed by atoms with Gasteiger partial charge in [0.25, 0.3) is 6.43 Å². The van der Waals surface area contributed by atoms with E-state index >= 15 is 0 Å². The van der Waals surface area contributed by atoms with Crippen molar-refractivity contribution in [2.45, 2.75) is 62.5 Å². The van der Waals surface area contributed by atoms with Gasteiger partial charge in [-0.2, -0.15) is 9.98 Å². The molecule has 12 nitrogen and oxygen atoms in total. The van der Waals surface area contributed by atoms with Gasteiger partial charge < -0.3 is 9.64 Å². The lowest BCUT2D eigenvalue weighted by Gasteiger charge is -2.29. The average molecular weight is 629 g/mol. The second-order valence-electron chi connectivity index (χ2n) is 11.4. The van der Waals surface area contributed by atoms with Crippen molar-refractivity contribution < 1.29 is 26.7 Å². The molecule has 0 unspecified atom stereocenters. The van der Waals surface area contributed by atoms with Gasteiger partial charge in [-0.05, 0) is 57.7 Å². The Kier molecular flexibility index (Phi) is 6.94. The summed E-state index contributed by atoms with van der Waals surface area (Å²) in [5.74, 6) is 0. The van der Waals surface area contributed by atoms with E-state index in [4.69, 9.17) is 4.74 Å². The van der Waals surface area contributed by atoms with Crippen LogP contribution in [0.15, 0.2) is 35.5 Å². The van der Waals surface area contributed by atoms with Gasteiger partial charge in [-0.1, -0.05) is 23.5 Å². The fourth-order valence-corrected chi connectivity index (χ4v) is 6.99. The van der Waals surface area contributed by atoms with Crippen molar-refractivity contribution in [2.24, 2.45) is 0 Å². The average Bonchev–Trinajstić information content (AvgIpc) is 3.39. The largest absolute Gasteiger partial charge is 0.444 e. The molecule has 1 N–H and O–H groups in total. The Labute approximate surface area is 249 Å². The SMILES string of the molecule is CC(C)(C)OC(=O)N1CC=C(c2ncnc3c2c2ccc(S(=O)(=O)NC4(C#N)CC4)cc2n3-c2nnc(C(F)F)s2)CC1. The lowest BCUT2D eigenvalue weighted by atomic mass is 10.0. The molecule has 0 saturated heterocycles. The molecule has 1 fully saturated rings. The molecule has 3 aromatic heterocycles. The fraction of sp³-hybridized carbons (Fsp3) is 0.407. The first kappa shape index (κ1) is 29.0. The predicted molar refractivity (Wildman–Crippen MR) is 153 cm³/mol. The summed E-state index contributed by atoms with van der Waals surface area (Å²) >= 11 is 0.664. The van der Waals surface area contributed by atoms with Gasteiger partial charge >= 0.3 is 6.09 Å². The van der Waals surface area contributed by atoms with Crippen LogP contribution in [0.1, 0.15) is 57.2 Å². The summed E-state index contributed by atoms with van der Waals surface area (Å²) in [4.78, 5) is 23.1. The molecule has 1 aliphatic heterocycles. The Morgan fingerprint density at radius 1 is 1.23 bits per heavy atom. The third-order valence-electron chi connectivity index (χ3n) is 7.10. The maximum atomic E-state index is 13.5. The van der Waals surface area contributed by atoms with Crippen LogP contribution in [0.2, 0.25) is 0 Å². The highest BCUT2D eigenvalue weighted by Gasteiger charge is 2.47. The van der Waals surface area contributed by atoms with Crippen molar-refractivity contribution in [3.05, 3.63) is 41.3 Å². The van der Waals surface area contributed by atoms with Crippen molar-refractivity contribution in [1.82, 2.24) is 34.4 Å². The summed E-state index contributed by atoms with van der Waals surface area (Å²) in [6.45, 7) is 6.06. The van der Waals surface area contributed by atoms with Crippen molar-refractivity contribution in [3.8, 4) is 11.2 Å². The number of aromatic nitrogens is 5. The first-order chi connectivity index (χ1) is 20.3. The standard InChI is InChI=1S/C27H26F2N8O4S2/c1-26(2,3)41-25(38)36-10-6-15(7-11-36)20-19-17-5-4-16(43(39,40)35-27(13-30)8-9-27)12-18(17)37(22(19)32-14-31-20)24-34-33-23(42-24)21(28)29/h4-6,12,14,21,35H,7-11H2,1-3H3. The number of nitrogens with one attached hydrogen (secondary N) is 1. The van der Waals surface area contributed by atoms with Crippen LogP contribution < -0.4 is 4.72 Å². The molecule has 1 saturated carbocycles. The van der Waals surface area contributed by atoms with Gasteiger partial charge in [-0.3, -0.25) is 4.57 Å². The quantitative estimate of drug-likeness (QED) is 0.319. The Morgan fingerprint density at radius 2 is 2.00 bits per heavy atom. The maximum Gasteiger partial charge on any atom is 0.410 e. The number of halogens is 2. The molecule has 1 amide bonds. The zero-order valence-corrected chi connectivity index (χ0v) is 25.0. The van der Waals surface area contributed by atoms with Crippen LogP contribution >= 0.6 is 11.3 Å². The van der Waals surface area contributed by atoms with E-state index in [-0.39, 0.29) is 16.6 Å². The van der Waals surface area contributed by atoms with Crippen molar-refractivity contribution in [3.63, 3.8) is 0 Å². The normalized spacial score (nSPS) is 16.9. The summed E-state index contributed by atoms with van der Waals surface area (Å²) in [5, 5.41) is 17.7. The number of ether oxygens (including phenoxy) is 1. The van der Waals surface area contributed by atoms with Crippen molar-refractivity contribution in [2.75, 3.05) is 13.1 Å². The molecule has 16 heteroatoms. The van der Waals surface area contributed by atoms with E-state index in [0.717, 1.165) is 5.57 Å². The predicted octanol–water partition coefficient (Wildman–Crippen LogP) is 4.72. The molecule has 0 spiro atoms. The third kappa shape index (κ3) is 5.43. The molecule has 4 aromatic rings. The molecule has 6 rings (SSSR count). The van der Waals surface area contributed by atoms with Gasteiger partial charge in [0.15, 0.2) is 10.7 Å². The van der Waals surface area contributed by atoms with Crippen LogP contribution in [0.4, 0.5) is 13.6 Å². The van der Waals surface area contributed by atoms with E-state index in [0.29, 0.717) is 64.8 Å². The highest BCUT2D eigenvalue weighted by molar-refractivity contribution is 7.89. The Balaban J connectivity index is 1.49. The number of carbonyl (C=O) groups is 1. The number of hydrogen-bond donors (Lipinski definition) is 1. The molecular formula is C27H26F2N8O4S2. The lowest BCUT2D eigenvalue weighted by Crippen LogP contribution is -2.39. The van der Waals surface area contributed by atoms with Crippen LogP contribution in [-0.4, -0.2) is 68.4 Å². The van der Waals surface area contributed by atoms with E-state index in [9.17, 15) is 27.3 Å². The molecule has 43 heavy (non-hydrogen) atoms. The molecule has 4 heterocycles. The summed E-state index contributed by atoms with van der Waals surface area (Å²) in [6, 6.07) is 6.44. The number of nitrogens with zero attached hydrogens (tertiary/aromatic N) is 7. The van der Waals surface area contributed by atoms with E-state index in [1.165, 1.54) is 23.0 Å². The number of nitriles is 1. The van der Waals surface area contributed by atoms with Crippen molar-refractivity contribution >= 4 is 55.0 Å². The number of carbonyl (C=O) groups excluding carboxylic acids is 1. The molecule has 224 valence electrons. The topological polar surface area (TPSA) is 156 Å². The Hall–Kier alpha value is -4.07. The second kappa shape index (κ2) is 10.3. The number of hydrogen-bond acceptors (Lipinski definition) is 10. The third-order valence-corrected chi connectivity index (χ3v) is 9.55. The second-order valence-corrected chi connectivity index (χ2v) is 14.0. The molecule has 1 aliphatic carbocycles. The molecular weight excluding hydrogens is 602 g/mol. The van der Waals surface area contributed by atoms with Gasteiger partial charge in [0, 0.05) is 18.5 Å². The number of sulfonamides is 1. The van der Waals surface area contributed by atoms with Crippen LogP contribution in [0, 0.1) is 11.3 Å². The number of amides is 1. The van der Waals surface area contributed by atoms with Gasteiger partial charge in [0.2, 0.25) is 15.2 Å². The Morgan fingerprint density at radius 3 is 2.60 bits per heavy atom. The van der Waals surface area contributed by atoms with Gasteiger partial charge in [-0.25, -0.2) is 32.0 Å². The summed E-state index contributed by atoms with van der Waals surface area (Å²) in [7, 11) is -4.10. The minimum atomic E-state index is -4.10. The van der Waals surface area contributed by atoms with E-state index in [1.807, 2.05) is 12.1 Å². The molecule has 2 aliphatic rings. The van der Waals surface area contributed by atoms with E-state index < -0.39 is 38.7 Å². The lowest BCUT2D eigenvalue weighted by molar-refractivity contribution is 0.0270. The fourth-order valence-electron chi connectivity index (χ4n) is 4.88. The van der Waals surface area contributed by atoms with Gasteiger partial charge in [0.1, 0.15) is 17.5 Å². The summed E-state index contributed by atoms with van der Waals surface area (Å²) in [5.41, 5.74) is 0.291. The smallest absolute Gasteiger partial charge is 0.410 e. The highest BCUT2D eigenvalue weighted by atomic mass is 32.2.